The molecule has 0 aromatic heterocycles. The van der Waals surface area contributed by atoms with Crippen molar-refractivity contribution in [1.29, 1.82) is 0 Å². The number of ether oxygens (including phenoxy) is 2. The first-order valence-electron chi connectivity index (χ1n) is 7.14. The molecule has 0 amide bonds. The van der Waals surface area contributed by atoms with Gasteiger partial charge in [0, 0.05) is 6.54 Å². The summed E-state index contributed by atoms with van der Waals surface area (Å²) in [6, 6.07) is 9.48. The van der Waals surface area contributed by atoms with E-state index in [-0.39, 0.29) is 18.7 Å². The molecule has 1 unspecified atom stereocenters. The number of nitrogens with one attached hydrogen (secondary N) is 1. The van der Waals surface area contributed by atoms with Crippen LogP contribution in [0.25, 0.3) is 0 Å². The van der Waals surface area contributed by atoms with E-state index in [1.165, 1.54) is 17.2 Å². The number of aryl methyl sites for hydroxylation is 1. The van der Waals surface area contributed by atoms with Crippen molar-refractivity contribution in [3.8, 4) is 11.5 Å². The molecule has 21 heavy (non-hydrogen) atoms. The Morgan fingerprint density at radius 2 is 1.95 bits per heavy atom. The molecule has 4 rings (SSSR count). The second kappa shape index (κ2) is 4.74. The summed E-state index contributed by atoms with van der Waals surface area (Å²) in [6.07, 6.45) is 0.961. The van der Waals surface area contributed by atoms with Crippen LogP contribution in [0.2, 0.25) is 0 Å². The molecule has 2 heterocycles. The Morgan fingerprint density at radius 3 is 2.76 bits per heavy atom. The van der Waals surface area contributed by atoms with Crippen molar-refractivity contribution in [2.75, 3.05) is 13.3 Å². The van der Waals surface area contributed by atoms with Gasteiger partial charge in [-0.1, -0.05) is 12.1 Å². The quantitative estimate of drug-likeness (QED) is 0.873. The topological polar surface area (TPSA) is 30.5 Å². The average Bonchev–Trinajstić information content (AvgIpc) is 2.94. The summed E-state index contributed by atoms with van der Waals surface area (Å²) in [5, 5.41) is 3.51. The average molecular weight is 285 g/mol. The van der Waals surface area contributed by atoms with Crippen molar-refractivity contribution in [2.24, 2.45) is 0 Å². The first-order valence-corrected chi connectivity index (χ1v) is 7.14. The van der Waals surface area contributed by atoms with E-state index in [9.17, 15) is 4.39 Å². The van der Waals surface area contributed by atoms with Gasteiger partial charge >= 0.3 is 0 Å². The van der Waals surface area contributed by atoms with Gasteiger partial charge in [0.25, 0.3) is 0 Å². The minimum absolute atomic E-state index is 0.0718. The van der Waals surface area contributed by atoms with Gasteiger partial charge in [-0.3, -0.25) is 0 Å². The molecule has 0 fully saturated rings. The molecule has 0 radical (unpaired) electrons. The molecule has 2 aliphatic rings. The summed E-state index contributed by atoms with van der Waals surface area (Å²) in [5.41, 5.74) is 4.21. The van der Waals surface area contributed by atoms with E-state index in [1.54, 1.807) is 6.92 Å². The van der Waals surface area contributed by atoms with Gasteiger partial charge in [0.1, 0.15) is 5.82 Å². The van der Waals surface area contributed by atoms with Crippen molar-refractivity contribution in [3.05, 3.63) is 58.4 Å². The Labute approximate surface area is 122 Å². The van der Waals surface area contributed by atoms with Gasteiger partial charge in [-0.05, 0) is 53.8 Å². The molecule has 1 N–H and O–H groups in total. The lowest BCUT2D eigenvalue weighted by Gasteiger charge is -2.28. The number of halogens is 1. The molecule has 0 spiro atoms. The molecular weight excluding hydrogens is 269 g/mol. The highest BCUT2D eigenvalue weighted by atomic mass is 19.1. The summed E-state index contributed by atoms with van der Waals surface area (Å²) >= 11 is 0. The van der Waals surface area contributed by atoms with E-state index in [0.29, 0.717) is 5.56 Å². The highest BCUT2D eigenvalue weighted by Crippen LogP contribution is 2.39. The molecule has 0 aliphatic carbocycles. The van der Waals surface area contributed by atoms with Gasteiger partial charge in [-0.2, -0.15) is 0 Å². The SMILES string of the molecule is Cc1cc(C2NCCc3cc4c(cc32)OCO4)ccc1F. The Bertz CT molecular complexity index is 714. The van der Waals surface area contributed by atoms with Gasteiger partial charge in [0.2, 0.25) is 6.79 Å². The predicted octanol–water partition coefficient (Wildman–Crippen LogP) is 3.10. The molecule has 0 bridgehead atoms. The van der Waals surface area contributed by atoms with Gasteiger partial charge in [-0.15, -0.1) is 0 Å². The maximum absolute atomic E-state index is 13.5. The first kappa shape index (κ1) is 12.7. The lowest BCUT2D eigenvalue weighted by Crippen LogP contribution is -2.30. The second-order valence-corrected chi connectivity index (χ2v) is 5.55. The molecule has 0 saturated carbocycles. The van der Waals surface area contributed by atoms with Gasteiger partial charge in [-0.25, -0.2) is 4.39 Å². The Kier molecular flexibility index (Phi) is 2.86. The Morgan fingerprint density at radius 1 is 1.14 bits per heavy atom. The molecule has 108 valence electrons. The van der Waals surface area contributed by atoms with E-state index in [2.05, 4.69) is 11.4 Å². The number of rotatable bonds is 1. The second-order valence-electron chi connectivity index (χ2n) is 5.55. The fraction of sp³-hybridized carbons (Fsp3) is 0.294. The molecule has 3 nitrogen and oxygen atoms in total. The van der Waals surface area contributed by atoms with Crippen LogP contribution in [-0.4, -0.2) is 13.3 Å². The summed E-state index contributed by atoms with van der Waals surface area (Å²) in [5.74, 6) is 1.45. The largest absolute Gasteiger partial charge is 0.454 e. The minimum atomic E-state index is -0.166. The van der Waals surface area contributed by atoms with E-state index < -0.39 is 0 Å². The predicted molar refractivity (Wildman–Crippen MR) is 77.3 cm³/mol. The summed E-state index contributed by atoms with van der Waals surface area (Å²) in [6.45, 7) is 2.97. The van der Waals surface area contributed by atoms with Crippen LogP contribution in [0.1, 0.15) is 28.3 Å². The maximum Gasteiger partial charge on any atom is 0.231 e. The van der Waals surface area contributed by atoms with E-state index >= 15 is 0 Å². The van der Waals surface area contributed by atoms with Crippen LogP contribution in [0.15, 0.2) is 30.3 Å². The van der Waals surface area contributed by atoms with E-state index in [4.69, 9.17) is 9.47 Å². The van der Waals surface area contributed by atoms with Crippen molar-refractivity contribution in [2.45, 2.75) is 19.4 Å². The Balaban J connectivity index is 1.80. The van der Waals surface area contributed by atoms with Crippen LogP contribution in [0.4, 0.5) is 4.39 Å². The monoisotopic (exact) mass is 285 g/mol. The van der Waals surface area contributed by atoms with E-state index in [1.807, 2.05) is 18.2 Å². The smallest absolute Gasteiger partial charge is 0.231 e. The minimum Gasteiger partial charge on any atom is -0.454 e. The molecule has 4 heteroatoms. The van der Waals surface area contributed by atoms with Crippen LogP contribution in [0.3, 0.4) is 0 Å². The highest BCUT2D eigenvalue weighted by molar-refractivity contribution is 5.52. The fourth-order valence-electron chi connectivity index (χ4n) is 3.09. The van der Waals surface area contributed by atoms with Gasteiger partial charge in [0.15, 0.2) is 11.5 Å². The third-order valence-corrected chi connectivity index (χ3v) is 4.20. The fourth-order valence-corrected chi connectivity index (χ4v) is 3.09. The maximum atomic E-state index is 13.5. The lowest BCUT2D eigenvalue weighted by atomic mass is 9.89. The van der Waals surface area contributed by atoms with Crippen LogP contribution in [0.5, 0.6) is 11.5 Å². The number of fused-ring (bicyclic) bond motifs is 2. The highest BCUT2D eigenvalue weighted by Gasteiger charge is 2.26. The van der Waals surface area contributed by atoms with Crippen molar-refractivity contribution < 1.29 is 13.9 Å². The van der Waals surface area contributed by atoms with Crippen LogP contribution >= 0.6 is 0 Å². The molecule has 2 aromatic carbocycles. The lowest BCUT2D eigenvalue weighted by molar-refractivity contribution is 0.174. The molecule has 1 atom stereocenters. The van der Waals surface area contributed by atoms with Gasteiger partial charge < -0.3 is 14.8 Å². The molecular formula is C17H16FNO2. The van der Waals surface area contributed by atoms with Crippen molar-refractivity contribution >= 4 is 0 Å². The third-order valence-electron chi connectivity index (χ3n) is 4.20. The van der Waals surface area contributed by atoms with Crippen LogP contribution < -0.4 is 14.8 Å². The zero-order valence-electron chi connectivity index (χ0n) is 11.8. The van der Waals surface area contributed by atoms with Crippen molar-refractivity contribution in [3.63, 3.8) is 0 Å². The van der Waals surface area contributed by atoms with Crippen LogP contribution in [0, 0.1) is 12.7 Å². The standard InChI is InChI=1S/C17H16FNO2/c1-10-6-12(2-3-14(10)18)17-13-8-16-15(20-9-21-16)7-11(13)4-5-19-17/h2-3,6-8,17,19H,4-5,9H2,1H3. The summed E-state index contributed by atoms with van der Waals surface area (Å²) in [7, 11) is 0. The normalized spacial score (nSPS) is 19.4. The summed E-state index contributed by atoms with van der Waals surface area (Å²) < 4.78 is 24.4. The summed E-state index contributed by atoms with van der Waals surface area (Å²) in [4.78, 5) is 0. The number of hydrogen-bond acceptors (Lipinski definition) is 3. The Hall–Kier alpha value is -2.07. The van der Waals surface area contributed by atoms with Crippen molar-refractivity contribution in [1.82, 2.24) is 5.32 Å². The molecule has 2 aliphatic heterocycles. The zero-order valence-corrected chi connectivity index (χ0v) is 11.8. The van der Waals surface area contributed by atoms with Crippen LogP contribution in [-0.2, 0) is 6.42 Å². The number of hydrogen-bond donors (Lipinski definition) is 1. The zero-order chi connectivity index (χ0) is 14.4. The number of benzene rings is 2. The molecule has 0 saturated heterocycles. The van der Waals surface area contributed by atoms with Gasteiger partial charge in [0.05, 0.1) is 6.04 Å². The third kappa shape index (κ3) is 2.07. The molecule has 2 aromatic rings. The van der Waals surface area contributed by atoms with E-state index in [0.717, 1.165) is 30.0 Å². The first-order chi connectivity index (χ1) is 10.2.